The van der Waals surface area contributed by atoms with Crippen LogP contribution in [0.25, 0.3) is 11.0 Å². The largest absolute Gasteiger partial charge is 0.457 e. The number of esters is 1. The molecule has 25 heavy (non-hydrogen) atoms. The molecule has 0 spiro atoms. The SMILES string of the molecule is Cc1cc2oc(=O)cc(COC(=O)c3ccc(F)cc3Br)c2cc1C. The van der Waals surface area contributed by atoms with Gasteiger partial charge in [-0.1, -0.05) is 0 Å². The van der Waals surface area contributed by atoms with Crippen molar-refractivity contribution in [2.24, 2.45) is 0 Å². The van der Waals surface area contributed by atoms with Gasteiger partial charge in [0.05, 0.1) is 5.56 Å². The van der Waals surface area contributed by atoms with E-state index >= 15 is 0 Å². The van der Waals surface area contributed by atoms with Gasteiger partial charge in [-0.25, -0.2) is 14.0 Å². The molecule has 1 aromatic heterocycles. The van der Waals surface area contributed by atoms with Crippen molar-refractivity contribution in [3.05, 3.63) is 79.4 Å². The number of ether oxygens (including phenoxy) is 1. The summed E-state index contributed by atoms with van der Waals surface area (Å²) < 4.78 is 23.9. The quantitative estimate of drug-likeness (QED) is 0.470. The van der Waals surface area contributed by atoms with Crippen LogP contribution in [-0.2, 0) is 11.3 Å². The molecule has 0 fully saturated rings. The summed E-state index contributed by atoms with van der Waals surface area (Å²) >= 11 is 3.14. The summed E-state index contributed by atoms with van der Waals surface area (Å²) in [6.07, 6.45) is 0. The zero-order valence-electron chi connectivity index (χ0n) is 13.6. The van der Waals surface area contributed by atoms with E-state index in [2.05, 4.69) is 15.9 Å². The second-order valence-corrected chi connectivity index (χ2v) is 6.58. The van der Waals surface area contributed by atoms with Crippen LogP contribution in [0.5, 0.6) is 0 Å². The minimum absolute atomic E-state index is 0.0900. The zero-order valence-corrected chi connectivity index (χ0v) is 15.1. The summed E-state index contributed by atoms with van der Waals surface area (Å²) in [4.78, 5) is 24.0. The molecule has 6 heteroatoms. The number of benzene rings is 2. The van der Waals surface area contributed by atoms with E-state index < -0.39 is 17.4 Å². The molecule has 0 saturated carbocycles. The average Bonchev–Trinajstić information content (AvgIpc) is 2.54. The van der Waals surface area contributed by atoms with Gasteiger partial charge in [0.15, 0.2) is 0 Å². The Bertz CT molecular complexity index is 1040. The van der Waals surface area contributed by atoms with Crippen LogP contribution in [-0.4, -0.2) is 5.97 Å². The molecule has 0 N–H and O–H groups in total. The number of halogens is 2. The molecule has 4 nitrogen and oxygen atoms in total. The molecule has 0 aliphatic heterocycles. The molecule has 0 saturated heterocycles. The van der Waals surface area contributed by atoms with Crippen LogP contribution < -0.4 is 5.63 Å². The van der Waals surface area contributed by atoms with Gasteiger partial charge in [-0.05, 0) is 71.2 Å². The molecule has 0 unspecified atom stereocenters. The van der Waals surface area contributed by atoms with Crippen LogP contribution in [0, 0.1) is 19.7 Å². The Balaban J connectivity index is 1.91. The molecule has 0 atom stereocenters. The van der Waals surface area contributed by atoms with Crippen LogP contribution in [0.4, 0.5) is 4.39 Å². The lowest BCUT2D eigenvalue weighted by Crippen LogP contribution is -2.09. The minimum Gasteiger partial charge on any atom is -0.457 e. The standard InChI is InChI=1S/C19H14BrFO4/c1-10-5-15-12(7-18(22)25-17(15)6-11(10)2)9-24-19(23)14-4-3-13(21)8-16(14)20/h3-8H,9H2,1-2H3. The maximum absolute atomic E-state index is 13.1. The molecular weight excluding hydrogens is 391 g/mol. The number of fused-ring (bicyclic) bond motifs is 1. The second-order valence-electron chi connectivity index (χ2n) is 5.72. The lowest BCUT2D eigenvalue weighted by molar-refractivity contribution is 0.0472. The van der Waals surface area contributed by atoms with E-state index in [9.17, 15) is 14.0 Å². The van der Waals surface area contributed by atoms with E-state index in [-0.39, 0.29) is 12.2 Å². The first-order valence-corrected chi connectivity index (χ1v) is 8.30. The Morgan fingerprint density at radius 3 is 2.60 bits per heavy atom. The molecule has 0 aliphatic rings. The first-order chi connectivity index (χ1) is 11.8. The molecule has 0 radical (unpaired) electrons. The van der Waals surface area contributed by atoms with Crippen LogP contribution >= 0.6 is 15.9 Å². The van der Waals surface area contributed by atoms with Crippen molar-refractivity contribution in [2.75, 3.05) is 0 Å². The Morgan fingerprint density at radius 1 is 1.16 bits per heavy atom. The molecule has 0 amide bonds. The van der Waals surface area contributed by atoms with Crippen LogP contribution in [0.3, 0.4) is 0 Å². The Hall–Kier alpha value is -2.47. The Labute approximate surface area is 151 Å². The molecule has 1 heterocycles. The average molecular weight is 405 g/mol. The van der Waals surface area contributed by atoms with Crippen molar-refractivity contribution in [2.45, 2.75) is 20.5 Å². The normalized spacial score (nSPS) is 10.9. The zero-order chi connectivity index (χ0) is 18.1. The van der Waals surface area contributed by atoms with E-state index in [1.54, 1.807) is 6.07 Å². The van der Waals surface area contributed by atoms with Crippen molar-refractivity contribution < 1.29 is 18.3 Å². The number of hydrogen-bond acceptors (Lipinski definition) is 4. The highest BCUT2D eigenvalue weighted by Crippen LogP contribution is 2.23. The Morgan fingerprint density at radius 2 is 1.88 bits per heavy atom. The lowest BCUT2D eigenvalue weighted by Gasteiger charge is -2.10. The van der Waals surface area contributed by atoms with Gasteiger partial charge >= 0.3 is 11.6 Å². The fourth-order valence-electron chi connectivity index (χ4n) is 2.48. The maximum atomic E-state index is 13.1. The number of rotatable bonds is 3. The molecule has 128 valence electrons. The topological polar surface area (TPSA) is 56.5 Å². The van der Waals surface area contributed by atoms with Gasteiger partial charge < -0.3 is 9.15 Å². The van der Waals surface area contributed by atoms with Crippen molar-refractivity contribution in [1.82, 2.24) is 0 Å². The maximum Gasteiger partial charge on any atom is 0.339 e. The number of carbonyl (C=O) groups excluding carboxylic acids is 1. The van der Waals surface area contributed by atoms with Gasteiger partial charge in [0.25, 0.3) is 0 Å². The predicted octanol–water partition coefficient (Wildman–Crippen LogP) is 4.67. The van der Waals surface area contributed by atoms with E-state index in [1.165, 1.54) is 24.3 Å². The molecule has 0 aliphatic carbocycles. The van der Waals surface area contributed by atoms with Gasteiger partial charge in [-0.15, -0.1) is 0 Å². The van der Waals surface area contributed by atoms with Gasteiger partial charge in [-0.2, -0.15) is 0 Å². The first kappa shape index (κ1) is 17.4. The van der Waals surface area contributed by atoms with E-state index in [0.717, 1.165) is 11.1 Å². The molecule has 3 rings (SSSR count). The molecular formula is C19H14BrFO4. The highest BCUT2D eigenvalue weighted by molar-refractivity contribution is 9.10. The Kier molecular flexibility index (Phi) is 4.72. The van der Waals surface area contributed by atoms with Gasteiger partial charge in [-0.3, -0.25) is 0 Å². The van der Waals surface area contributed by atoms with Crippen molar-refractivity contribution >= 4 is 32.9 Å². The summed E-state index contributed by atoms with van der Waals surface area (Å²) in [7, 11) is 0. The van der Waals surface area contributed by atoms with Crippen LogP contribution in [0.2, 0.25) is 0 Å². The van der Waals surface area contributed by atoms with Crippen molar-refractivity contribution in [3.8, 4) is 0 Å². The monoisotopic (exact) mass is 404 g/mol. The third-order valence-electron chi connectivity index (χ3n) is 3.95. The van der Waals surface area contributed by atoms with E-state index in [0.29, 0.717) is 21.0 Å². The van der Waals surface area contributed by atoms with Crippen molar-refractivity contribution in [1.29, 1.82) is 0 Å². The summed E-state index contributed by atoms with van der Waals surface area (Å²) in [5, 5.41) is 0.716. The molecule has 2 aromatic carbocycles. The van der Waals surface area contributed by atoms with Crippen LogP contribution in [0.15, 0.2) is 50.1 Å². The highest BCUT2D eigenvalue weighted by Gasteiger charge is 2.14. The fraction of sp³-hybridized carbons (Fsp3) is 0.158. The van der Waals surface area contributed by atoms with Gasteiger partial charge in [0, 0.05) is 21.5 Å². The number of carbonyl (C=O) groups is 1. The van der Waals surface area contributed by atoms with Gasteiger partial charge in [0.1, 0.15) is 18.0 Å². The smallest absolute Gasteiger partial charge is 0.339 e. The molecule has 3 aromatic rings. The van der Waals surface area contributed by atoms with Crippen LogP contribution in [0.1, 0.15) is 27.0 Å². The molecule has 0 bridgehead atoms. The second kappa shape index (κ2) is 6.80. The third kappa shape index (κ3) is 3.64. The third-order valence-corrected chi connectivity index (χ3v) is 4.61. The van der Waals surface area contributed by atoms with Crippen molar-refractivity contribution in [3.63, 3.8) is 0 Å². The fourth-order valence-corrected chi connectivity index (χ4v) is 2.99. The highest BCUT2D eigenvalue weighted by atomic mass is 79.9. The lowest BCUT2D eigenvalue weighted by atomic mass is 10.0. The summed E-state index contributed by atoms with van der Waals surface area (Å²) in [5.74, 6) is -1.07. The predicted molar refractivity (Wildman–Crippen MR) is 95.2 cm³/mol. The minimum atomic E-state index is -0.614. The summed E-state index contributed by atoms with van der Waals surface area (Å²) in [6.45, 7) is 3.78. The van der Waals surface area contributed by atoms with E-state index in [1.807, 2.05) is 19.9 Å². The number of hydrogen-bond donors (Lipinski definition) is 0. The van der Waals surface area contributed by atoms with E-state index in [4.69, 9.17) is 9.15 Å². The number of aryl methyl sites for hydroxylation is 2. The first-order valence-electron chi connectivity index (χ1n) is 7.51. The summed E-state index contributed by atoms with van der Waals surface area (Å²) in [6, 6.07) is 8.70. The summed E-state index contributed by atoms with van der Waals surface area (Å²) in [5.41, 5.74) is 2.74. The van der Waals surface area contributed by atoms with Gasteiger partial charge in [0.2, 0.25) is 0 Å².